The van der Waals surface area contributed by atoms with Gasteiger partial charge in [-0.25, -0.2) is 13.8 Å². The van der Waals surface area contributed by atoms with Gasteiger partial charge in [-0.1, -0.05) is 25.6 Å². The number of carbonyl (C=O) groups is 1. The molecule has 7 nitrogen and oxygen atoms in total. The van der Waals surface area contributed by atoms with Crippen LogP contribution in [0, 0.1) is 35.8 Å². The summed E-state index contributed by atoms with van der Waals surface area (Å²) in [5, 5.41) is 15.8. The lowest BCUT2D eigenvalue weighted by Crippen LogP contribution is -2.21. The molecule has 1 aromatic heterocycles. The number of hydrogen-bond acceptors (Lipinski definition) is 5. The van der Waals surface area contributed by atoms with Gasteiger partial charge in [-0.3, -0.25) is 4.79 Å². The first-order valence-electron chi connectivity index (χ1n) is 11.1. The van der Waals surface area contributed by atoms with Crippen LogP contribution in [0.15, 0.2) is 77.7 Å². The summed E-state index contributed by atoms with van der Waals surface area (Å²) in [6.07, 6.45) is 4.97. The van der Waals surface area contributed by atoms with E-state index in [0.717, 1.165) is 12.1 Å². The largest absolute Gasteiger partial charge is 0.457 e. The number of aromatic nitrogens is 1. The summed E-state index contributed by atoms with van der Waals surface area (Å²) in [5.41, 5.74) is 1.73. The number of amides is 1. The lowest BCUT2D eigenvalue weighted by Gasteiger charge is -2.21. The van der Waals surface area contributed by atoms with Crippen molar-refractivity contribution < 1.29 is 18.3 Å². The number of aromatic amines is 1. The van der Waals surface area contributed by atoms with Crippen molar-refractivity contribution in [1.82, 2.24) is 4.98 Å². The van der Waals surface area contributed by atoms with E-state index in [1.54, 1.807) is 43.5 Å². The van der Waals surface area contributed by atoms with Gasteiger partial charge in [0.05, 0.1) is 5.52 Å². The Bertz CT molecular complexity index is 1490. The number of amidine groups is 1. The molecule has 3 N–H and O–H groups in total. The van der Waals surface area contributed by atoms with Crippen molar-refractivity contribution in [2.45, 2.75) is 20.3 Å². The Balaban J connectivity index is 1.74. The van der Waals surface area contributed by atoms with E-state index < -0.39 is 11.6 Å². The number of aliphatic imine (C=N–C) groups is 1. The maximum absolute atomic E-state index is 15.3. The molecule has 1 aliphatic rings. The van der Waals surface area contributed by atoms with Crippen molar-refractivity contribution in [3.8, 4) is 11.8 Å². The second-order valence-corrected chi connectivity index (χ2v) is 8.26. The molecule has 0 aliphatic carbocycles. The Hall–Kier alpha value is -4.71. The van der Waals surface area contributed by atoms with E-state index in [2.05, 4.69) is 33.3 Å². The molecule has 0 fully saturated rings. The monoisotopic (exact) mass is 487 g/mol. The van der Waals surface area contributed by atoms with Crippen LogP contribution in [0.2, 0.25) is 0 Å². The van der Waals surface area contributed by atoms with Crippen LogP contribution in [0.5, 0.6) is 5.75 Å². The molecule has 0 spiro atoms. The fraction of sp³-hybridized carbons (Fsp3) is 0.148. The van der Waals surface area contributed by atoms with E-state index in [0.29, 0.717) is 23.5 Å². The van der Waals surface area contributed by atoms with Crippen LogP contribution in [-0.2, 0) is 4.79 Å². The highest BCUT2D eigenvalue weighted by Crippen LogP contribution is 2.33. The number of carbonyl (C=O) groups excluding carboxylic acids is 1. The predicted molar refractivity (Wildman–Crippen MR) is 135 cm³/mol. The maximum Gasteiger partial charge on any atom is 0.247 e. The minimum Gasteiger partial charge on any atom is -0.457 e. The molecule has 1 unspecified atom stereocenters. The number of ether oxygens (including phenoxy) is 1. The third kappa shape index (κ3) is 5.03. The predicted octanol–water partition coefficient (Wildman–Crippen LogP) is 6.10. The standard InChI is InChI=1S/C27H23F2N5O2/c1-4-23(35)33-17-8-5-9-18(12-17)34-27-20(14-30)26(15(2)7-6-10-31-27)36-22-13-21(28)25-19(24(22)29)11-16(3)32-25/h4-6,8-13,15,32H,1,7H2,2-3H3,(H,31,34)(H,33,35)/b10-6+,26-20+. The van der Waals surface area contributed by atoms with Gasteiger partial charge in [0.15, 0.2) is 23.2 Å². The molecule has 0 saturated heterocycles. The summed E-state index contributed by atoms with van der Waals surface area (Å²) in [6, 6.07) is 11.3. The van der Waals surface area contributed by atoms with E-state index >= 15 is 4.39 Å². The van der Waals surface area contributed by atoms with Gasteiger partial charge in [-0.05, 0) is 43.7 Å². The summed E-state index contributed by atoms with van der Waals surface area (Å²) in [4.78, 5) is 18.8. The maximum atomic E-state index is 15.3. The summed E-state index contributed by atoms with van der Waals surface area (Å²) in [5.74, 6) is -2.14. The highest BCUT2D eigenvalue weighted by atomic mass is 19.1. The third-order valence-electron chi connectivity index (χ3n) is 5.54. The first-order chi connectivity index (χ1) is 17.3. The van der Waals surface area contributed by atoms with Crippen LogP contribution in [0.3, 0.4) is 0 Å². The number of aryl methyl sites for hydroxylation is 1. The molecule has 182 valence electrons. The molecule has 36 heavy (non-hydrogen) atoms. The fourth-order valence-corrected chi connectivity index (χ4v) is 3.81. The van der Waals surface area contributed by atoms with E-state index in [4.69, 9.17) is 4.74 Å². The summed E-state index contributed by atoms with van der Waals surface area (Å²) >= 11 is 0. The van der Waals surface area contributed by atoms with Gasteiger partial charge < -0.3 is 20.4 Å². The molecule has 9 heteroatoms. The third-order valence-corrected chi connectivity index (χ3v) is 5.54. The Kier molecular flexibility index (Phi) is 6.97. The van der Waals surface area contributed by atoms with Crippen LogP contribution < -0.4 is 15.4 Å². The lowest BCUT2D eigenvalue weighted by molar-refractivity contribution is -0.111. The number of rotatable bonds is 5. The molecule has 2 aromatic carbocycles. The van der Waals surface area contributed by atoms with Gasteiger partial charge in [-0.2, -0.15) is 5.26 Å². The smallest absolute Gasteiger partial charge is 0.247 e. The number of fused-ring (bicyclic) bond motifs is 1. The molecular weight excluding hydrogens is 464 g/mol. The quantitative estimate of drug-likeness (QED) is 0.379. The van der Waals surface area contributed by atoms with Crippen LogP contribution in [0.1, 0.15) is 19.0 Å². The molecule has 3 aromatic rings. The highest BCUT2D eigenvalue weighted by Gasteiger charge is 2.25. The number of benzene rings is 2. The normalized spacial score (nSPS) is 19.9. The number of hydrogen-bond donors (Lipinski definition) is 3. The average molecular weight is 488 g/mol. The summed E-state index contributed by atoms with van der Waals surface area (Å²) in [6.45, 7) is 6.95. The fourth-order valence-electron chi connectivity index (χ4n) is 3.81. The number of nitrogens with zero attached hydrogens (tertiary/aromatic N) is 2. The zero-order valence-electron chi connectivity index (χ0n) is 19.7. The number of halogens is 2. The van der Waals surface area contributed by atoms with Crippen LogP contribution in [0.4, 0.5) is 20.2 Å². The van der Waals surface area contributed by atoms with E-state index in [1.165, 1.54) is 6.07 Å². The molecule has 1 atom stereocenters. The molecule has 0 bridgehead atoms. The molecule has 1 amide bonds. The van der Waals surface area contributed by atoms with E-state index in [1.807, 2.05) is 6.92 Å². The average Bonchev–Trinajstić information content (AvgIpc) is 3.26. The molecule has 2 heterocycles. The zero-order chi connectivity index (χ0) is 25.8. The Labute approximate surface area is 206 Å². The van der Waals surface area contributed by atoms with Crippen LogP contribution >= 0.6 is 0 Å². The van der Waals surface area contributed by atoms with Gasteiger partial charge in [0.2, 0.25) is 5.91 Å². The number of nitrogens with one attached hydrogen (secondary N) is 3. The number of anilines is 2. The number of H-pyrrole nitrogens is 1. The van der Waals surface area contributed by atoms with Gasteiger partial charge in [0.25, 0.3) is 0 Å². The first kappa shape index (κ1) is 24.4. The lowest BCUT2D eigenvalue weighted by atomic mass is 9.99. The zero-order valence-corrected chi connectivity index (χ0v) is 19.7. The Morgan fingerprint density at radius 2 is 2.08 bits per heavy atom. The van der Waals surface area contributed by atoms with Gasteiger partial charge in [0.1, 0.15) is 17.4 Å². The van der Waals surface area contributed by atoms with Crippen molar-refractivity contribution in [2.24, 2.45) is 10.9 Å². The molecule has 4 rings (SSSR count). The topological polar surface area (TPSA) is 102 Å². The van der Waals surface area contributed by atoms with E-state index in [9.17, 15) is 14.4 Å². The van der Waals surface area contributed by atoms with Crippen molar-refractivity contribution in [3.05, 3.63) is 90.0 Å². The summed E-state index contributed by atoms with van der Waals surface area (Å²) < 4.78 is 35.9. The SMILES string of the molecule is C=CC(=O)Nc1cccc(NC2=N/C=C/CC(C)/C(Oc3cc(F)c4[nH]c(C)cc4c3F)=C\2C#N)c1. The number of allylic oxidation sites excluding steroid dienone is 2. The second-order valence-electron chi connectivity index (χ2n) is 8.26. The Morgan fingerprint density at radius 3 is 2.83 bits per heavy atom. The van der Waals surface area contributed by atoms with Gasteiger partial charge in [0, 0.05) is 40.6 Å². The molecular formula is C27H23F2N5O2. The van der Waals surface area contributed by atoms with Gasteiger partial charge >= 0.3 is 0 Å². The second kappa shape index (κ2) is 10.3. The van der Waals surface area contributed by atoms with Crippen molar-refractivity contribution in [1.29, 1.82) is 5.26 Å². The molecule has 0 saturated carbocycles. The molecule has 1 aliphatic heterocycles. The minimum atomic E-state index is -0.734. The number of nitriles is 1. The van der Waals surface area contributed by atoms with Gasteiger partial charge in [-0.15, -0.1) is 0 Å². The van der Waals surface area contributed by atoms with Crippen molar-refractivity contribution in [2.75, 3.05) is 10.6 Å². The van der Waals surface area contributed by atoms with Crippen molar-refractivity contribution in [3.63, 3.8) is 0 Å². The van der Waals surface area contributed by atoms with Crippen LogP contribution in [-0.4, -0.2) is 16.7 Å². The Morgan fingerprint density at radius 1 is 1.31 bits per heavy atom. The van der Waals surface area contributed by atoms with Crippen molar-refractivity contribution >= 4 is 34.0 Å². The minimum absolute atomic E-state index is 0.0394. The molecule has 0 radical (unpaired) electrons. The van der Waals surface area contributed by atoms with E-state index in [-0.39, 0.29) is 45.6 Å². The van der Waals surface area contributed by atoms with Crippen LogP contribution in [0.25, 0.3) is 10.9 Å². The first-order valence-corrected chi connectivity index (χ1v) is 11.1. The highest BCUT2D eigenvalue weighted by molar-refractivity contribution is 6.11. The summed E-state index contributed by atoms with van der Waals surface area (Å²) in [7, 11) is 0.